The van der Waals surface area contributed by atoms with Crippen molar-refractivity contribution in [1.29, 1.82) is 0 Å². The molecule has 6 heteroatoms. The summed E-state index contributed by atoms with van der Waals surface area (Å²) in [5, 5.41) is 12.8. The molecule has 0 aliphatic heterocycles. The molecule has 128 valence electrons. The second kappa shape index (κ2) is 8.10. The number of guanidine groups is 1. The molecule has 0 unspecified atom stereocenters. The first-order chi connectivity index (χ1) is 11.5. The fraction of sp³-hybridized carbons (Fsp3) is 0.278. The molecular formula is C18H23N3O3. The lowest BCUT2D eigenvalue weighted by Crippen LogP contribution is -2.22. The summed E-state index contributed by atoms with van der Waals surface area (Å²) in [5.74, 6) is 1.87. The predicted octanol–water partition coefficient (Wildman–Crippen LogP) is 3.11. The molecule has 4 N–H and O–H groups in total. The maximum absolute atomic E-state index is 9.84. The van der Waals surface area contributed by atoms with Gasteiger partial charge in [-0.1, -0.05) is 0 Å². The van der Waals surface area contributed by atoms with Crippen LogP contribution in [0.4, 0.5) is 5.69 Å². The van der Waals surface area contributed by atoms with Gasteiger partial charge in [0.05, 0.1) is 19.8 Å². The first kappa shape index (κ1) is 17.5. The lowest BCUT2D eigenvalue weighted by molar-refractivity contribution is 0.242. The van der Waals surface area contributed by atoms with E-state index in [-0.39, 0.29) is 24.4 Å². The normalized spacial score (nSPS) is 11.4. The second-order valence-corrected chi connectivity index (χ2v) is 5.51. The van der Waals surface area contributed by atoms with Crippen LogP contribution >= 0.6 is 0 Å². The fourth-order valence-electron chi connectivity index (χ4n) is 2.06. The maximum Gasteiger partial charge on any atom is 0.193 e. The molecule has 0 saturated heterocycles. The van der Waals surface area contributed by atoms with Gasteiger partial charge in [0.2, 0.25) is 0 Å². The van der Waals surface area contributed by atoms with Crippen LogP contribution in [0, 0.1) is 0 Å². The third-order valence-corrected chi connectivity index (χ3v) is 3.20. The van der Waals surface area contributed by atoms with Crippen molar-refractivity contribution in [3.8, 4) is 17.2 Å². The Morgan fingerprint density at radius 1 is 1.17 bits per heavy atom. The summed E-state index contributed by atoms with van der Waals surface area (Å²) in [6.07, 6.45) is 0.131. The van der Waals surface area contributed by atoms with Crippen LogP contribution in [0.3, 0.4) is 0 Å². The number of anilines is 1. The number of benzene rings is 2. The summed E-state index contributed by atoms with van der Waals surface area (Å²) in [4.78, 5) is 4.23. The molecule has 0 spiro atoms. The number of phenols is 1. The van der Waals surface area contributed by atoms with Crippen molar-refractivity contribution in [3.05, 3.63) is 48.0 Å². The van der Waals surface area contributed by atoms with Crippen LogP contribution in [-0.4, -0.2) is 24.3 Å². The Balaban J connectivity index is 1.99. The Bertz CT molecular complexity index is 697. The standard InChI is InChI=1S/C18H23N3O3/c1-12(2)24-15-6-4-14(5-7-15)21-18(19)20-11-13-10-16(23-3)8-9-17(13)22/h4-10,12,22H,11H2,1-3H3,(H3,19,20,21). The van der Waals surface area contributed by atoms with E-state index >= 15 is 0 Å². The maximum atomic E-state index is 9.84. The van der Waals surface area contributed by atoms with Crippen molar-refractivity contribution in [3.63, 3.8) is 0 Å². The minimum absolute atomic E-state index is 0.131. The van der Waals surface area contributed by atoms with Crippen molar-refractivity contribution in [1.82, 2.24) is 0 Å². The van der Waals surface area contributed by atoms with E-state index in [1.54, 1.807) is 25.3 Å². The van der Waals surface area contributed by atoms with E-state index in [0.29, 0.717) is 11.3 Å². The van der Waals surface area contributed by atoms with E-state index in [4.69, 9.17) is 15.2 Å². The molecule has 0 atom stereocenters. The SMILES string of the molecule is COc1ccc(O)c(CN=C(N)Nc2ccc(OC(C)C)cc2)c1. The van der Waals surface area contributed by atoms with E-state index in [0.717, 1.165) is 11.4 Å². The number of methoxy groups -OCH3 is 1. The number of rotatable bonds is 6. The van der Waals surface area contributed by atoms with Crippen LogP contribution < -0.4 is 20.5 Å². The molecule has 0 saturated carbocycles. The molecule has 0 fully saturated rings. The van der Waals surface area contributed by atoms with Gasteiger partial charge in [-0.2, -0.15) is 0 Å². The highest BCUT2D eigenvalue weighted by Crippen LogP contribution is 2.23. The first-order valence-electron chi connectivity index (χ1n) is 7.67. The highest BCUT2D eigenvalue weighted by Gasteiger charge is 2.04. The molecule has 24 heavy (non-hydrogen) atoms. The topological polar surface area (TPSA) is 89.1 Å². The number of nitrogens with two attached hydrogens (primary N) is 1. The van der Waals surface area contributed by atoms with Gasteiger partial charge in [0, 0.05) is 11.3 Å². The van der Waals surface area contributed by atoms with Gasteiger partial charge < -0.3 is 25.6 Å². The number of aliphatic imine (C=N–C) groups is 1. The van der Waals surface area contributed by atoms with Crippen LogP contribution in [0.15, 0.2) is 47.5 Å². The van der Waals surface area contributed by atoms with Crippen LogP contribution in [0.1, 0.15) is 19.4 Å². The molecule has 2 rings (SSSR count). The molecule has 6 nitrogen and oxygen atoms in total. The smallest absolute Gasteiger partial charge is 0.193 e. The highest BCUT2D eigenvalue weighted by molar-refractivity contribution is 5.92. The Labute approximate surface area is 141 Å². The summed E-state index contributed by atoms with van der Waals surface area (Å²) < 4.78 is 10.7. The van der Waals surface area contributed by atoms with Crippen LogP contribution in [0.5, 0.6) is 17.2 Å². The van der Waals surface area contributed by atoms with Gasteiger partial charge in [-0.3, -0.25) is 0 Å². The average molecular weight is 329 g/mol. The van der Waals surface area contributed by atoms with Crippen LogP contribution in [0.25, 0.3) is 0 Å². The summed E-state index contributed by atoms with van der Waals surface area (Å²) in [6.45, 7) is 4.20. The lowest BCUT2D eigenvalue weighted by atomic mass is 10.2. The Morgan fingerprint density at radius 3 is 2.46 bits per heavy atom. The van der Waals surface area contributed by atoms with Crippen molar-refractivity contribution in [2.24, 2.45) is 10.7 Å². The highest BCUT2D eigenvalue weighted by atomic mass is 16.5. The van der Waals surface area contributed by atoms with E-state index < -0.39 is 0 Å². The summed E-state index contributed by atoms with van der Waals surface area (Å²) >= 11 is 0. The zero-order chi connectivity index (χ0) is 17.5. The molecule has 0 amide bonds. The number of aromatic hydroxyl groups is 1. The van der Waals surface area contributed by atoms with Crippen molar-refractivity contribution >= 4 is 11.6 Å². The van der Waals surface area contributed by atoms with E-state index in [1.807, 2.05) is 38.1 Å². The van der Waals surface area contributed by atoms with E-state index in [9.17, 15) is 5.11 Å². The zero-order valence-corrected chi connectivity index (χ0v) is 14.1. The number of hydrogen-bond donors (Lipinski definition) is 3. The Kier molecular flexibility index (Phi) is 5.89. The van der Waals surface area contributed by atoms with Crippen LogP contribution in [-0.2, 0) is 6.54 Å². The fourth-order valence-corrected chi connectivity index (χ4v) is 2.06. The molecule has 0 aliphatic carbocycles. The number of phenolic OH excluding ortho intramolecular Hbond substituents is 1. The van der Waals surface area contributed by atoms with Gasteiger partial charge in [-0.25, -0.2) is 4.99 Å². The third kappa shape index (κ3) is 5.08. The summed E-state index contributed by atoms with van der Waals surface area (Å²) in [6, 6.07) is 12.4. The second-order valence-electron chi connectivity index (χ2n) is 5.51. The molecule has 0 heterocycles. The predicted molar refractivity (Wildman–Crippen MR) is 95.8 cm³/mol. The van der Waals surface area contributed by atoms with Gasteiger partial charge in [0.1, 0.15) is 17.2 Å². The number of hydrogen-bond acceptors (Lipinski definition) is 4. The van der Waals surface area contributed by atoms with Gasteiger partial charge >= 0.3 is 0 Å². The zero-order valence-electron chi connectivity index (χ0n) is 14.1. The van der Waals surface area contributed by atoms with Crippen LogP contribution in [0.2, 0.25) is 0 Å². The number of ether oxygens (including phenoxy) is 2. The summed E-state index contributed by atoms with van der Waals surface area (Å²) in [7, 11) is 1.57. The molecule has 2 aromatic rings. The molecular weight excluding hydrogens is 306 g/mol. The Hall–Kier alpha value is -2.89. The van der Waals surface area contributed by atoms with Crippen molar-refractivity contribution in [2.75, 3.05) is 12.4 Å². The Morgan fingerprint density at radius 2 is 1.83 bits per heavy atom. The van der Waals surface area contributed by atoms with Crippen molar-refractivity contribution < 1.29 is 14.6 Å². The monoisotopic (exact) mass is 329 g/mol. The number of nitrogens with one attached hydrogen (secondary N) is 1. The molecule has 2 aromatic carbocycles. The first-order valence-corrected chi connectivity index (χ1v) is 7.67. The molecule has 0 bridgehead atoms. The van der Waals surface area contributed by atoms with E-state index in [2.05, 4.69) is 10.3 Å². The van der Waals surface area contributed by atoms with Crippen molar-refractivity contribution in [2.45, 2.75) is 26.5 Å². The largest absolute Gasteiger partial charge is 0.508 e. The van der Waals surface area contributed by atoms with E-state index in [1.165, 1.54) is 0 Å². The molecule has 0 radical (unpaired) electrons. The lowest BCUT2D eigenvalue weighted by Gasteiger charge is -2.11. The summed E-state index contributed by atoms with van der Waals surface area (Å²) in [5.41, 5.74) is 7.33. The van der Waals surface area contributed by atoms with Gasteiger partial charge in [-0.15, -0.1) is 0 Å². The van der Waals surface area contributed by atoms with Gasteiger partial charge in [0.15, 0.2) is 5.96 Å². The quantitative estimate of drug-likeness (QED) is 0.560. The minimum Gasteiger partial charge on any atom is -0.508 e. The average Bonchev–Trinajstić information content (AvgIpc) is 2.55. The minimum atomic E-state index is 0.131. The molecule has 0 aliphatic rings. The number of nitrogens with zero attached hydrogens (tertiary/aromatic N) is 1. The molecule has 0 aromatic heterocycles. The third-order valence-electron chi connectivity index (χ3n) is 3.20. The van der Waals surface area contributed by atoms with Gasteiger partial charge in [0.25, 0.3) is 0 Å². The van der Waals surface area contributed by atoms with Gasteiger partial charge in [-0.05, 0) is 56.3 Å².